The average molecular weight is 374 g/mol. The molecule has 0 aliphatic carbocycles. The van der Waals surface area contributed by atoms with Gasteiger partial charge in [0.2, 0.25) is 0 Å². The first-order chi connectivity index (χ1) is 13.0. The van der Waals surface area contributed by atoms with Crippen molar-refractivity contribution in [3.05, 3.63) is 53.4 Å². The molecule has 1 aromatic carbocycles. The Bertz CT molecular complexity index is 1030. The van der Waals surface area contributed by atoms with Crippen LogP contribution < -0.4 is 0 Å². The molecule has 6 heteroatoms. The molecule has 6 nitrogen and oxygen atoms in total. The minimum Gasteiger partial charge on any atom is -0.241 e. The molecule has 0 amide bonds. The summed E-state index contributed by atoms with van der Waals surface area (Å²) in [6, 6.07) is 7.82. The lowest BCUT2D eigenvalue weighted by Gasteiger charge is -2.22. The van der Waals surface area contributed by atoms with E-state index in [9.17, 15) is 5.26 Å². The lowest BCUT2D eigenvalue weighted by atomic mass is 9.93. The monoisotopic (exact) mass is 374 g/mol. The van der Waals surface area contributed by atoms with Crippen LogP contribution in [0.25, 0.3) is 17.1 Å². The molecule has 0 aliphatic rings. The van der Waals surface area contributed by atoms with E-state index in [2.05, 4.69) is 52.7 Å². The van der Waals surface area contributed by atoms with E-state index in [0.717, 1.165) is 28.5 Å². The van der Waals surface area contributed by atoms with E-state index in [0.29, 0.717) is 11.4 Å². The standard InChI is InChI=1S/C22H26N6/c1-14-12-24-28(13-14)17-9-15(11-23)8-16(10-17)18-25-19(21(2,3)4)27-20(26-18)22(5,6)7/h8-10,12-13H,1-7H3. The molecule has 0 fully saturated rings. The molecular formula is C22H26N6. The quantitative estimate of drug-likeness (QED) is 0.660. The van der Waals surface area contributed by atoms with Gasteiger partial charge >= 0.3 is 0 Å². The Morgan fingerprint density at radius 2 is 1.50 bits per heavy atom. The number of aromatic nitrogens is 5. The van der Waals surface area contributed by atoms with Crippen molar-refractivity contribution in [2.24, 2.45) is 0 Å². The number of hydrogen-bond acceptors (Lipinski definition) is 5. The molecule has 0 N–H and O–H groups in total. The van der Waals surface area contributed by atoms with Crippen LogP contribution in [0.3, 0.4) is 0 Å². The van der Waals surface area contributed by atoms with Crippen LogP contribution in [0.2, 0.25) is 0 Å². The van der Waals surface area contributed by atoms with E-state index in [-0.39, 0.29) is 10.8 Å². The Balaban J connectivity index is 2.24. The molecule has 0 saturated heterocycles. The molecule has 2 heterocycles. The third-order valence-electron chi connectivity index (χ3n) is 4.26. The van der Waals surface area contributed by atoms with E-state index < -0.39 is 0 Å². The van der Waals surface area contributed by atoms with Crippen molar-refractivity contribution in [2.75, 3.05) is 0 Å². The second-order valence-corrected chi connectivity index (χ2v) is 9.15. The van der Waals surface area contributed by atoms with Gasteiger partial charge in [-0.1, -0.05) is 41.5 Å². The SMILES string of the molecule is Cc1cnn(-c2cc(C#N)cc(-c3nc(C(C)(C)C)nc(C(C)(C)C)n3)c2)c1. The highest BCUT2D eigenvalue weighted by Crippen LogP contribution is 2.28. The van der Waals surface area contributed by atoms with Gasteiger partial charge in [-0.25, -0.2) is 19.6 Å². The molecule has 0 unspecified atom stereocenters. The summed E-state index contributed by atoms with van der Waals surface area (Å²) in [4.78, 5) is 14.2. The van der Waals surface area contributed by atoms with Crippen molar-refractivity contribution < 1.29 is 0 Å². The highest BCUT2D eigenvalue weighted by atomic mass is 15.3. The van der Waals surface area contributed by atoms with Crippen LogP contribution in [0.15, 0.2) is 30.6 Å². The largest absolute Gasteiger partial charge is 0.241 e. The molecule has 3 rings (SSSR count). The highest BCUT2D eigenvalue weighted by molar-refractivity contribution is 5.62. The van der Waals surface area contributed by atoms with Crippen molar-refractivity contribution in [1.29, 1.82) is 5.26 Å². The summed E-state index contributed by atoms with van der Waals surface area (Å²) in [6.45, 7) is 14.5. The maximum absolute atomic E-state index is 9.52. The van der Waals surface area contributed by atoms with E-state index in [4.69, 9.17) is 15.0 Å². The van der Waals surface area contributed by atoms with Gasteiger partial charge in [0.15, 0.2) is 5.82 Å². The number of aryl methyl sites for hydroxylation is 1. The zero-order chi connectivity index (χ0) is 20.7. The maximum Gasteiger partial charge on any atom is 0.163 e. The van der Waals surface area contributed by atoms with E-state index >= 15 is 0 Å². The number of benzene rings is 1. The van der Waals surface area contributed by atoms with Gasteiger partial charge in [-0.2, -0.15) is 10.4 Å². The maximum atomic E-state index is 9.52. The Morgan fingerprint density at radius 1 is 0.893 bits per heavy atom. The van der Waals surface area contributed by atoms with Gasteiger partial charge in [0.25, 0.3) is 0 Å². The summed E-state index contributed by atoms with van der Waals surface area (Å²) < 4.78 is 1.76. The molecule has 0 spiro atoms. The summed E-state index contributed by atoms with van der Waals surface area (Å²) in [5.74, 6) is 2.05. The van der Waals surface area contributed by atoms with Crippen molar-refractivity contribution in [2.45, 2.75) is 59.3 Å². The Hall–Kier alpha value is -3.07. The molecular weight excluding hydrogens is 348 g/mol. The Morgan fingerprint density at radius 3 is 1.96 bits per heavy atom. The molecule has 0 atom stereocenters. The smallest absolute Gasteiger partial charge is 0.163 e. The van der Waals surface area contributed by atoms with Crippen LogP contribution in [-0.2, 0) is 10.8 Å². The number of nitrogens with zero attached hydrogens (tertiary/aromatic N) is 6. The molecule has 0 radical (unpaired) electrons. The topological polar surface area (TPSA) is 80.3 Å². The van der Waals surface area contributed by atoms with Crippen molar-refractivity contribution in [3.63, 3.8) is 0 Å². The second kappa shape index (κ2) is 6.83. The zero-order valence-electron chi connectivity index (χ0n) is 17.6. The van der Waals surface area contributed by atoms with Crippen LogP contribution >= 0.6 is 0 Å². The second-order valence-electron chi connectivity index (χ2n) is 9.15. The lowest BCUT2D eigenvalue weighted by Crippen LogP contribution is -2.24. The van der Waals surface area contributed by atoms with Crippen LogP contribution in [0, 0.1) is 18.3 Å². The molecule has 0 bridgehead atoms. The number of rotatable bonds is 2. The molecule has 3 aromatic rings. The fraction of sp³-hybridized carbons (Fsp3) is 0.409. The molecule has 0 aliphatic heterocycles. The fourth-order valence-electron chi connectivity index (χ4n) is 2.67. The first kappa shape index (κ1) is 19.7. The highest BCUT2D eigenvalue weighted by Gasteiger charge is 2.25. The molecule has 144 valence electrons. The summed E-state index contributed by atoms with van der Waals surface area (Å²) in [6.07, 6.45) is 3.71. The van der Waals surface area contributed by atoms with Crippen molar-refractivity contribution in [3.8, 4) is 23.1 Å². The minimum atomic E-state index is -0.216. The van der Waals surface area contributed by atoms with E-state index in [1.54, 1.807) is 10.9 Å². The first-order valence-electron chi connectivity index (χ1n) is 9.31. The van der Waals surface area contributed by atoms with Gasteiger partial charge in [-0.3, -0.25) is 0 Å². The summed E-state index contributed by atoms with van der Waals surface area (Å²) >= 11 is 0. The van der Waals surface area contributed by atoms with Gasteiger partial charge in [-0.05, 0) is 30.7 Å². The van der Waals surface area contributed by atoms with Crippen LogP contribution in [0.1, 0.15) is 64.3 Å². The predicted molar refractivity (Wildman–Crippen MR) is 109 cm³/mol. The molecule has 28 heavy (non-hydrogen) atoms. The first-order valence-corrected chi connectivity index (χ1v) is 9.31. The van der Waals surface area contributed by atoms with E-state index in [1.165, 1.54) is 0 Å². The average Bonchev–Trinajstić information content (AvgIpc) is 3.06. The van der Waals surface area contributed by atoms with Gasteiger partial charge in [-0.15, -0.1) is 0 Å². The number of hydrogen-bond donors (Lipinski definition) is 0. The van der Waals surface area contributed by atoms with Crippen LogP contribution in [0.5, 0.6) is 0 Å². The third-order valence-corrected chi connectivity index (χ3v) is 4.26. The minimum absolute atomic E-state index is 0.216. The fourth-order valence-corrected chi connectivity index (χ4v) is 2.67. The Labute approximate surface area is 166 Å². The Kier molecular flexibility index (Phi) is 4.80. The third kappa shape index (κ3) is 4.09. The van der Waals surface area contributed by atoms with Gasteiger partial charge in [0, 0.05) is 22.6 Å². The summed E-state index contributed by atoms with van der Waals surface area (Å²) in [5, 5.41) is 13.9. The van der Waals surface area contributed by atoms with Gasteiger partial charge < -0.3 is 0 Å². The van der Waals surface area contributed by atoms with E-state index in [1.807, 2.05) is 31.3 Å². The lowest BCUT2D eigenvalue weighted by molar-refractivity contribution is 0.497. The van der Waals surface area contributed by atoms with Crippen molar-refractivity contribution >= 4 is 0 Å². The summed E-state index contributed by atoms with van der Waals surface area (Å²) in [5.41, 5.74) is 2.74. The van der Waals surface area contributed by atoms with Gasteiger partial charge in [0.05, 0.1) is 23.5 Å². The summed E-state index contributed by atoms with van der Waals surface area (Å²) in [7, 11) is 0. The predicted octanol–water partition coefficient (Wildman–Crippen LogP) is 4.50. The van der Waals surface area contributed by atoms with Crippen LogP contribution in [-0.4, -0.2) is 24.7 Å². The van der Waals surface area contributed by atoms with Gasteiger partial charge in [0.1, 0.15) is 11.6 Å². The molecule has 0 saturated carbocycles. The molecule has 2 aromatic heterocycles. The normalized spacial score (nSPS) is 12.1. The van der Waals surface area contributed by atoms with Crippen molar-refractivity contribution in [1.82, 2.24) is 24.7 Å². The zero-order valence-corrected chi connectivity index (χ0v) is 17.6. The number of nitriles is 1. The van der Waals surface area contributed by atoms with Crippen LogP contribution in [0.4, 0.5) is 0 Å².